The highest BCUT2D eigenvalue weighted by Crippen LogP contribution is 2.11. The van der Waals surface area contributed by atoms with Crippen LogP contribution in [0.2, 0.25) is 0 Å². The fraction of sp³-hybridized carbons (Fsp3) is 0.640. The van der Waals surface area contributed by atoms with Gasteiger partial charge in [-0.3, -0.25) is 0 Å². The van der Waals surface area contributed by atoms with E-state index in [1.54, 1.807) is 0 Å². The van der Waals surface area contributed by atoms with E-state index in [0.717, 1.165) is 25.9 Å². The number of benzene rings is 1. The average molecular weight is 474 g/mol. The summed E-state index contributed by atoms with van der Waals surface area (Å²) in [6.07, 6.45) is 8.41. The molecule has 34 heavy (non-hydrogen) atoms. The lowest BCUT2D eigenvalue weighted by Gasteiger charge is -2.12. The van der Waals surface area contributed by atoms with Crippen molar-refractivity contribution in [2.75, 3.05) is 68.6 Å². The van der Waals surface area contributed by atoms with E-state index in [2.05, 4.69) is 62.1 Å². The minimum atomic E-state index is 0.526. The van der Waals surface area contributed by atoms with Crippen LogP contribution in [0.25, 0.3) is 0 Å². The van der Waals surface area contributed by atoms with Gasteiger partial charge in [-0.2, -0.15) is 15.0 Å². The normalized spacial score (nSPS) is 10.9. The van der Waals surface area contributed by atoms with Crippen LogP contribution < -0.4 is 21.7 Å². The van der Waals surface area contributed by atoms with Crippen LogP contribution in [-0.4, -0.2) is 67.6 Å². The molecular weight excluding hydrogens is 430 g/mol. The Kier molecular flexibility index (Phi) is 15.4. The molecule has 0 aliphatic heterocycles. The van der Waals surface area contributed by atoms with Crippen molar-refractivity contribution in [3.63, 3.8) is 0 Å². The summed E-state index contributed by atoms with van der Waals surface area (Å²) in [5.41, 5.74) is 6.67. The summed E-state index contributed by atoms with van der Waals surface area (Å²) in [6, 6.07) is 10.4. The van der Waals surface area contributed by atoms with Crippen LogP contribution >= 0.6 is 0 Å². The number of rotatable bonds is 21. The lowest BCUT2D eigenvalue weighted by Crippen LogP contribution is -2.17. The van der Waals surface area contributed by atoms with E-state index in [1.807, 2.05) is 6.07 Å². The number of unbranched alkanes of at least 4 members (excludes halogenated alkanes) is 5. The van der Waals surface area contributed by atoms with Crippen molar-refractivity contribution < 1.29 is 9.47 Å². The van der Waals surface area contributed by atoms with Crippen molar-refractivity contribution in [1.29, 1.82) is 0 Å². The SMILES string of the molecule is CCCCCCCCNc1nc(NCCOCCOCCN)nc(NCCc2ccccc2)n1. The molecule has 0 unspecified atom stereocenters. The van der Waals surface area contributed by atoms with Gasteiger partial charge in [0.05, 0.1) is 26.4 Å². The third-order valence-electron chi connectivity index (χ3n) is 5.15. The van der Waals surface area contributed by atoms with Crippen LogP contribution in [0.4, 0.5) is 17.8 Å². The number of nitrogens with zero attached hydrogens (tertiary/aromatic N) is 3. The molecule has 0 fully saturated rings. The molecule has 5 N–H and O–H groups in total. The number of ether oxygens (including phenoxy) is 2. The van der Waals surface area contributed by atoms with Crippen molar-refractivity contribution in [2.24, 2.45) is 5.73 Å². The van der Waals surface area contributed by atoms with E-state index in [-0.39, 0.29) is 0 Å². The highest BCUT2D eigenvalue weighted by molar-refractivity contribution is 5.42. The second-order valence-electron chi connectivity index (χ2n) is 8.10. The topological polar surface area (TPSA) is 119 Å². The first-order chi connectivity index (χ1) is 16.8. The Morgan fingerprint density at radius 1 is 0.676 bits per heavy atom. The van der Waals surface area contributed by atoms with E-state index in [4.69, 9.17) is 15.2 Å². The van der Waals surface area contributed by atoms with Crippen LogP contribution in [0.15, 0.2) is 30.3 Å². The second-order valence-corrected chi connectivity index (χ2v) is 8.10. The molecule has 1 aromatic heterocycles. The van der Waals surface area contributed by atoms with Gasteiger partial charge in [0, 0.05) is 26.2 Å². The number of hydrogen-bond acceptors (Lipinski definition) is 9. The molecule has 0 amide bonds. The van der Waals surface area contributed by atoms with E-state index in [1.165, 1.54) is 37.7 Å². The molecule has 0 saturated carbocycles. The lowest BCUT2D eigenvalue weighted by atomic mass is 10.1. The van der Waals surface area contributed by atoms with Crippen LogP contribution in [0, 0.1) is 0 Å². The van der Waals surface area contributed by atoms with Gasteiger partial charge in [-0.15, -0.1) is 0 Å². The number of nitrogens with two attached hydrogens (primary N) is 1. The highest BCUT2D eigenvalue weighted by atomic mass is 16.5. The second kappa shape index (κ2) is 18.9. The van der Waals surface area contributed by atoms with E-state index in [9.17, 15) is 0 Å². The molecule has 2 aromatic rings. The number of hydrogen-bond donors (Lipinski definition) is 4. The van der Waals surface area contributed by atoms with Crippen LogP contribution in [-0.2, 0) is 15.9 Å². The molecule has 2 rings (SSSR count). The standard InChI is InChI=1S/C25H43N7O2/c1-2-3-4-5-6-10-15-27-23-30-24(28-16-13-22-11-8-7-9-12-22)32-25(31-23)29-17-19-34-21-20-33-18-14-26/h7-9,11-12H,2-6,10,13-21,26H2,1H3,(H3,27,28,29,30,31,32). The minimum Gasteiger partial charge on any atom is -0.378 e. The van der Waals surface area contributed by atoms with Crippen molar-refractivity contribution in [2.45, 2.75) is 51.9 Å². The van der Waals surface area contributed by atoms with Gasteiger partial charge in [0.15, 0.2) is 0 Å². The summed E-state index contributed by atoms with van der Waals surface area (Å²) in [5, 5.41) is 9.92. The first kappa shape index (κ1) is 27.8. The fourth-order valence-corrected chi connectivity index (χ4v) is 3.32. The first-order valence-corrected chi connectivity index (χ1v) is 12.7. The Bertz CT molecular complexity index is 749. The maximum atomic E-state index is 5.57. The maximum absolute atomic E-state index is 5.57. The van der Waals surface area contributed by atoms with Crippen LogP contribution in [0.3, 0.4) is 0 Å². The van der Waals surface area contributed by atoms with Gasteiger partial charge >= 0.3 is 0 Å². The molecular formula is C25H43N7O2. The van der Waals surface area contributed by atoms with E-state index in [0.29, 0.717) is 57.4 Å². The van der Waals surface area contributed by atoms with Crippen molar-refractivity contribution in [3.8, 4) is 0 Å². The third-order valence-corrected chi connectivity index (χ3v) is 5.15. The molecule has 0 aliphatic carbocycles. The van der Waals surface area contributed by atoms with Crippen molar-refractivity contribution in [3.05, 3.63) is 35.9 Å². The monoisotopic (exact) mass is 473 g/mol. The molecule has 190 valence electrons. The molecule has 9 heteroatoms. The van der Waals surface area contributed by atoms with Gasteiger partial charge in [-0.25, -0.2) is 0 Å². The molecule has 1 aromatic carbocycles. The van der Waals surface area contributed by atoms with Gasteiger partial charge in [0.25, 0.3) is 0 Å². The molecule has 0 radical (unpaired) electrons. The summed E-state index contributed by atoms with van der Waals surface area (Å²) in [7, 11) is 0. The van der Waals surface area contributed by atoms with Crippen LogP contribution in [0.1, 0.15) is 51.0 Å². The smallest absolute Gasteiger partial charge is 0.229 e. The number of aromatic nitrogens is 3. The molecule has 0 saturated heterocycles. The Morgan fingerprint density at radius 3 is 1.94 bits per heavy atom. The largest absolute Gasteiger partial charge is 0.378 e. The fourth-order valence-electron chi connectivity index (χ4n) is 3.32. The lowest BCUT2D eigenvalue weighted by molar-refractivity contribution is 0.0547. The highest BCUT2D eigenvalue weighted by Gasteiger charge is 2.06. The zero-order chi connectivity index (χ0) is 24.1. The Hall–Kier alpha value is -2.49. The molecule has 0 bridgehead atoms. The number of anilines is 3. The van der Waals surface area contributed by atoms with Gasteiger partial charge in [-0.05, 0) is 18.4 Å². The van der Waals surface area contributed by atoms with E-state index >= 15 is 0 Å². The molecule has 1 heterocycles. The van der Waals surface area contributed by atoms with Crippen molar-refractivity contribution >= 4 is 17.8 Å². The minimum absolute atomic E-state index is 0.526. The predicted octanol–water partition coefficient (Wildman–Crippen LogP) is 3.70. The summed E-state index contributed by atoms with van der Waals surface area (Å²) in [5.74, 6) is 1.69. The Morgan fingerprint density at radius 2 is 1.26 bits per heavy atom. The van der Waals surface area contributed by atoms with Crippen molar-refractivity contribution in [1.82, 2.24) is 15.0 Å². The average Bonchev–Trinajstić information content (AvgIpc) is 2.86. The third kappa shape index (κ3) is 13.3. The van der Waals surface area contributed by atoms with Gasteiger partial charge < -0.3 is 31.2 Å². The molecule has 9 nitrogen and oxygen atoms in total. The van der Waals surface area contributed by atoms with Gasteiger partial charge in [0.2, 0.25) is 17.8 Å². The summed E-state index contributed by atoms with van der Waals surface area (Å²) >= 11 is 0. The quantitative estimate of drug-likeness (QED) is 0.201. The van der Waals surface area contributed by atoms with E-state index < -0.39 is 0 Å². The maximum Gasteiger partial charge on any atom is 0.229 e. The first-order valence-electron chi connectivity index (χ1n) is 12.7. The van der Waals surface area contributed by atoms with Crippen LogP contribution in [0.5, 0.6) is 0 Å². The molecule has 0 atom stereocenters. The Balaban J connectivity index is 1.80. The predicted molar refractivity (Wildman–Crippen MR) is 140 cm³/mol. The summed E-state index contributed by atoms with van der Waals surface area (Å²) < 4.78 is 10.9. The Labute approximate surface area is 204 Å². The summed E-state index contributed by atoms with van der Waals surface area (Å²) in [4.78, 5) is 13.6. The zero-order valence-electron chi connectivity index (χ0n) is 20.7. The molecule has 0 aliphatic rings. The summed E-state index contributed by atoms with van der Waals surface area (Å²) in [6.45, 7) is 7.14. The number of nitrogens with one attached hydrogen (secondary N) is 3. The molecule has 0 spiro atoms. The van der Waals surface area contributed by atoms with Gasteiger partial charge in [0.1, 0.15) is 0 Å². The van der Waals surface area contributed by atoms with Gasteiger partial charge in [-0.1, -0.05) is 69.4 Å². The zero-order valence-corrected chi connectivity index (χ0v) is 20.7.